The number of hydrogen-bond donors (Lipinski definition) is 0. The molecule has 0 nitrogen and oxygen atoms in total. The predicted molar refractivity (Wildman–Crippen MR) is 60.1 cm³/mol. The lowest BCUT2D eigenvalue weighted by Crippen LogP contribution is -2.39. The fourth-order valence-electron chi connectivity index (χ4n) is 4.18. The molecule has 0 atom stereocenters. The molecule has 2 fully saturated rings. The number of allylic oxidation sites excluding steroid dienone is 4. The molecule has 3 rings (SSSR count). The molecular formula is C14H20. The molecule has 0 aliphatic heterocycles. The Balaban J connectivity index is 1.99. The van der Waals surface area contributed by atoms with Gasteiger partial charge in [0.05, 0.1) is 0 Å². The first-order chi connectivity index (χ1) is 6.87. The van der Waals surface area contributed by atoms with Crippen LogP contribution >= 0.6 is 0 Å². The normalized spacial score (nSPS) is 32.0. The highest BCUT2D eigenvalue weighted by atomic mass is 14.5. The van der Waals surface area contributed by atoms with E-state index in [1.807, 2.05) is 0 Å². The molecule has 0 aromatic carbocycles. The van der Waals surface area contributed by atoms with E-state index in [0.29, 0.717) is 10.8 Å². The Bertz CT molecular complexity index is 264. The Labute approximate surface area is 87.1 Å². The highest BCUT2D eigenvalue weighted by molar-refractivity contribution is 5.30. The van der Waals surface area contributed by atoms with E-state index in [0.717, 1.165) is 0 Å². The van der Waals surface area contributed by atoms with Crippen LogP contribution in [0.3, 0.4) is 0 Å². The quantitative estimate of drug-likeness (QED) is 0.533. The Morgan fingerprint density at radius 2 is 1.14 bits per heavy atom. The molecule has 0 radical (unpaired) electrons. The average molecular weight is 188 g/mol. The third-order valence-electron chi connectivity index (χ3n) is 4.94. The first-order valence-electron chi connectivity index (χ1n) is 6.24. The van der Waals surface area contributed by atoms with Crippen molar-refractivity contribution in [2.24, 2.45) is 10.8 Å². The Kier molecular flexibility index (Phi) is 1.87. The minimum atomic E-state index is 0.488. The summed E-state index contributed by atoms with van der Waals surface area (Å²) >= 11 is 0. The second-order valence-corrected chi connectivity index (χ2v) is 5.45. The van der Waals surface area contributed by atoms with Crippen LogP contribution in [0.2, 0.25) is 0 Å². The SMILES string of the molecule is C1=CC2(C=C1)CCCCC21CCCC1. The monoisotopic (exact) mass is 188 g/mol. The van der Waals surface area contributed by atoms with Gasteiger partial charge in [-0.3, -0.25) is 0 Å². The second-order valence-electron chi connectivity index (χ2n) is 5.45. The first-order valence-corrected chi connectivity index (χ1v) is 6.24. The summed E-state index contributed by atoms with van der Waals surface area (Å²) in [6.45, 7) is 0. The number of hydrogen-bond acceptors (Lipinski definition) is 0. The summed E-state index contributed by atoms with van der Waals surface area (Å²) in [5.41, 5.74) is 1.16. The Morgan fingerprint density at radius 1 is 0.643 bits per heavy atom. The first kappa shape index (κ1) is 8.76. The van der Waals surface area contributed by atoms with Crippen molar-refractivity contribution in [1.29, 1.82) is 0 Å². The topological polar surface area (TPSA) is 0 Å². The van der Waals surface area contributed by atoms with E-state index < -0.39 is 0 Å². The van der Waals surface area contributed by atoms with Crippen LogP contribution in [0.25, 0.3) is 0 Å². The molecule has 2 spiro atoms. The van der Waals surface area contributed by atoms with E-state index in [-0.39, 0.29) is 0 Å². The van der Waals surface area contributed by atoms with Crippen LogP contribution in [0.4, 0.5) is 0 Å². The third-order valence-corrected chi connectivity index (χ3v) is 4.94. The van der Waals surface area contributed by atoms with Gasteiger partial charge in [0, 0.05) is 5.41 Å². The highest BCUT2D eigenvalue weighted by Crippen LogP contribution is 2.61. The molecule has 0 aromatic heterocycles. The van der Waals surface area contributed by atoms with Gasteiger partial charge in [-0.15, -0.1) is 0 Å². The van der Waals surface area contributed by atoms with Crippen molar-refractivity contribution in [2.45, 2.75) is 51.4 Å². The van der Waals surface area contributed by atoms with Crippen molar-refractivity contribution in [1.82, 2.24) is 0 Å². The summed E-state index contributed by atoms with van der Waals surface area (Å²) in [7, 11) is 0. The Hall–Kier alpha value is -0.520. The van der Waals surface area contributed by atoms with Gasteiger partial charge in [-0.25, -0.2) is 0 Å². The summed E-state index contributed by atoms with van der Waals surface area (Å²) in [6.07, 6.45) is 21.3. The zero-order valence-corrected chi connectivity index (χ0v) is 8.97. The van der Waals surface area contributed by atoms with Gasteiger partial charge in [0.1, 0.15) is 0 Å². The maximum Gasteiger partial charge on any atom is 0.0123 e. The minimum Gasteiger partial charge on any atom is -0.0740 e. The van der Waals surface area contributed by atoms with Gasteiger partial charge >= 0.3 is 0 Å². The second kappa shape index (κ2) is 2.98. The lowest BCUT2D eigenvalue weighted by Gasteiger charge is -2.48. The van der Waals surface area contributed by atoms with E-state index >= 15 is 0 Å². The van der Waals surface area contributed by atoms with Gasteiger partial charge in [0.25, 0.3) is 0 Å². The summed E-state index contributed by atoms with van der Waals surface area (Å²) in [4.78, 5) is 0. The average Bonchev–Trinajstić information content (AvgIpc) is 2.81. The van der Waals surface area contributed by atoms with Crippen LogP contribution < -0.4 is 0 Å². The van der Waals surface area contributed by atoms with Crippen LogP contribution in [0.5, 0.6) is 0 Å². The van der Waals surface area contributed by atoms with Gasteiger partial charge in [0.2, 0.25) is 0 Å². The third kappa shape index (κ3) is 1.00. The molecule has 0 unspecified atom stereocenters. The zero-order valence-electron chi connectivity index (χ0n) is 8.97. The van der Waals surface area contributed by atoms with Crippen molar-refractivity contribution in [3.05, 3.63) is 24.3 Å². The highest BCUT2D eigenvalue weighted by Gasteiger charge is 2.51. The van der Waals surface area contributed by atoms with Crippen LogP contribution in [0, 0.1) is 10.8 Å². The molecule has 0 aromatic rings. The molecule has 3 aliphatic carbocycles. The largest absolute Gasteiger partial charge is 0.0740 e. The molecule has 0 N–H and O–H groups in total. The fraction of sp³-hybridized carbons (Fsp3) is 0.714. The van der Waals surface area contributed by atoms with Crippen LogP contribution in [0.1, 0.15) is 51.4 Å². The zero-order chi connectivity index (χ0) is 9.49. The summed E-state index contributed by atoms with van der Waals surface area (Å²) in [5.74, 6) is 0. The van der Waals surface area contributed by atoms with Crippen LogP contribution in [-0.2, 0) is 0 Å². The van der Waals surface area contributed by atoms with Crippen LogP contribution in [-0.4, -0.2) is 0 Å². The lowest BCUT2D eigenvalue weighted by molar-refractivity contribution is 0.0749. The molecule has 14 heavy (non-hydrogen) atoms. The molecule has 2 saturated carbocycles. The molecule has 0 bridgehead atoms. The predicted octanol–water partition coefficient (Wildman–Crippen LogP) is 4.23. The van der Waals surface area contributed by atoms with E-state index in [2.05, 4.69) is 24.3 Å². The smallest absolute Gasteiger partial charge is 0.0123 e. The van der Waals surface area contributed by atoms with Gasteiger partial charge in [-0.05, 0) is 31.1 Å². The number of fused-ring (bicyclic) bond motifs is 1. The fourth-order valence-corrected chi connectivity index (χ4v) is 4.18. The van der Waals surface area contributed by atoms with Crippen LogP contribution in [0.15, 0.2) is 24.3 Å². The van der Waals surface area contributed by atoms with E-state index in [1.54, 1.807) is 0 Å². The van der Waals surface area contributed by atoms with Crippen molar-refractivity contribution in [3.63, 3.8) is 0 Å². The van der Waals surface area contributed by atoms with E-state index in [4.69, 9.17) is 0 Å². The van der Waals surface area contributed by atoms with Gasteiger partial charge in [0.15, 0.2) is 0 Å². The summed E-state index contributed by atoms with van der Waals surface area (Å²) in [5, 5.41) is 0. The minimum absolute atomic E-state index is 0.488. The summed E-state index contributed by atoms with van der Waals surface area (Å²) < 4.78 is 0. The lowest BCUT2D eigenvalue weighted by atomic mass is 9.55. The van der Waals surface area contributed by atoms with E-state index in [9.17, 15) is 0 Å². The van der Waals surface area contributed by atoms with Gasteiger partial charge < -0.3 is 0 Å². The van der Waals surface area contributed by atoms with Crippen molar-refractivity contribution in [2.75, 3.05) is 0 Å². The van der Waals surface area contributed by atoms with Crippen molar-refractivity contribution >= 4 is 0 Å². The van der Waals surface area contributed by atoms with Gasteiger partial charge in [-0.1, -0.05) is 50.0 Å². The van der Waals surface area contributed by atoms with Crippen molar-refractivity contribution < 1.29 is 0 Å². The standard InChI is InChI=1S/C14H20/c1-2-8-13(7-1)11-5-6-12-14(13)9-3-4-10-14/h1-2,7-8H,3-6,9-12H2. The van der Waals surface area contributed by atoms with Gasteiger partial charge in [-0.2, -0.15) is 0 Å². The molecule has 3 aliphatic rings. The molecule has 0 heterocycles. The molecule has 0 amide bonds. The maximum atomic E-state index is 2.51. The molecular weight excluding hydrogens is 168 g/mol. The molecule has 0 heteroatoms. The number of rotatable bonds is 0. The van der Waals surface area contributed by atoms with E-state index in [1.165, 1.54) is 51.4 Å². The maximum absolute atomic E-state index is 2.51. The summed E-state index contributed by atoms with van der Waals surface area (Å²) in [6, 6.07) is 0. The Morgan fingerprint density at radius 3 is 1.71 bits per heavy atom. The molecule has 76 valence electrons. The molecule has 0 saturated heterocycles. The van der Waals surface area contributed by atoms with Crippen molar-refractivity contribution in [3.8, 4) is 0 Å².